The van der Waals surface area contributed by atoms with Gasteiger partial charge in [0.05, 0.1) is 12.3 Å². The molecule has 0 bridgehead atoms. The molecule has 4 rings (SSSR count). The number of anilines is 1. The maximum Gasteiger partial charge on any atom is 0.237 e. The molecule has 0 aliphatic carbocycles. The van der Waals surface area contributed by atoms with E-state index < -0.39 is 0 Å². The van der Waals surface area contributed by atoms with Gasteiger partial charge >= 0.3 is 0 Å². The number of nitrogens with zero attached hydrogens (tertiary/aromatic N) is 5. The van der Waals surface area contributed by atoms with Crippen LogP contribution >= 0.6 is 11.8 Å². The van der Waals surface area contributed by atoms with Gasteiger partial charge in [0.1, 0.15) is 11.6 Å². The van der Waals surface area contributed by atoms with Crippen molar-refractivity contribution in [2.75, 3.05) is 30.3 Å². The third-order valence-electron chi connectivity index (χ3n) is 5.68. The van der Waals surface area contributed by atoms with Crippen LogP contribution in [0, 0.1) is 11.6 Å². The SMILES string of the molecule is CCN(C(=O)CSc1nnc(CN2CCCCC2)n1-c1ccc(F)cc1)c1ccc(F)cc1. The lowest BCUT2D eigenvalue weighted by Crippen LogP contribution is -2.32. The highest BCUT2D eigenvalue weighted by atomic mass is 32.2. The van der Waals surface area contributed by atoms with E-state index in [2.05, 4.69) is 15.1 Å². The average molecular weight is 472 g/mol. The molecule has 0 N–H and O–H groups in total. The zero-order valence-corrected chi connectivity index (χ0v) is 19.4. The number of amides is 1. The molecule has 1 saturated heterocycles. The van der Waals surface area contributed by atoms with Gasteiger partial charge in [-0.25, -0.2) is 8.78 Å². The van der Waals surface area contributed by atoms with Gasteiger partial charge in [-0.1, -0.05) is 18.2 Å². The number of halogens is 2. The number of hydrogen-bond donors (Lipinski definition) is 0. The predicted octanol–water partition coefficient (Wildman–Crippen LogP) is 4.68. The molecular formula is C24H27F2N5OS. The lowest BCUT2D eigenvalue weighted by atomic mass is 10.1. The predicted molar refractivity (Wildman–Crippen MR) is 126 cm³/mol. The van der Waals surface area contributed by atoms with Gasteiger partial charge in [-0.05, 0) is 81.4 Å². The van der Waals surface area contributed by atoms with E-state index >= 15 is 0 Å². The highest BCUT2D eigenvalue weighted by Crippen LogP contribution is 2.25. The van der Waals surface area contributed by atoms with Crippen LogP contribution in [0.15, 0.2) is 53.7 Å². The van der Waals surface area contributed by atoms with Gasteiger partial charge in [-0.2, -0.15) is 0 Å². The van der Waals surface area contributed by atoms with Gasteiger partial charge in [0, 0.05) is 17.9 Å². The number of carbonyl (C=O) groups excluding carboxylic acids is 1. The summed E-state index contributed by atoms with van der Waals surface area (Å²) in [4.78, 5) is 16.9. The van der Waals surface area contributed by atoms with E-state index in [-0.39, 0.29) is 23.3 Å². The van der Waals surface area contributed by atoms with Crippen LogP contribution in [-0.2, 0) is 11.3 Å². The molecule has 0 radical (unpaired) electrons. The number of rotatable bonds is 8. The van der Waals surface area contributed by atoms with Crippen LogP contribution in [0.5, 0.6) is 0 Å². The molecule has 2 heterocycles. The van der Waals surface area contributed by atoms with Crippen molar-refractivity contribution >= 4 is 23.4 Å². The first-order valence-corrected chi connectivity index (χ1v) is 12.1. The van der Waals surface area contributed by atoms with E-state index in [1.807, 2.05) is 11.5 Å². The smallest absolute Gasteiger partial charge is 0.237 e. The molecule has 0 saturated carbocycles. The van der Waals surface area contributed by atoms with Crippen molar-refractivity contribution in [1.29, 1.82) is 0 Å². The summed E-state index contributed by atoms with van der Waals surface area (Å²) in [5.41, 5.74) is 1.41. The monoisotopic (exact) mass is 471 g/mol. The first kappa shape index (κ1) is 23.4. The third-order valence-corrected chi connectivity index (χ3v) is 6.59. The fourth-order valence-corrected chi connectivity index (χ4v) is 4.84. The maximum atomic E-state index is 13.5. The Hall–Kier alpha value is -2.78. The summed E-state index contributed by atoms with van der Waals surface area (Å²) in [6, 6.07) is 12.1. The quantitative estimate of drug-likeness (QED) is 0.447. The van der Waals surface area contributed by atoms with Crippen molar-refractivity contribution in [2.24, 2.45) is 0 Å². The van der Waals surface area contributed by atoms with Crippen molar-refractivity contribution in [3.8, 4) is 5.69 Å². The summed E-state index contributed by atoms with van der Waals surface area (Å²) in [6.45, 7) is 5.02. The van der Waals surface area contributed by atoms with Crippen LogP contribution < -0.4 is 4.90 Å². The van der Waals surface area contributed by atoms with Gasteiger partial charge in [-0.15, -0.1) is 10.2 Å². The fourth-order valence-electron chi connectivity index (χ4n) is 3.99. The topological polar surface area (TPSA) is 54.3 Å². The Morgan fingerprint density at radius 1 is 0.970 bits per heavy atom. The fraction of sp³-hybridized carbons (Fsp3) is 0.375. The summed E-state index contributed by atoms with van der Waals surface area (Å²) in [5, 5.41) is 9.35. The molecule has 3 aromatic rings. The number of benzene rings is 2. The minimum absolute atomic E-state index is 0.111. The molecule has 0 unspecified atom stereocenters. The molecule has 0 atom stereocenters. The molecule has 174 valence electrons. The summed E-state index contributed by atoms with van der Waals surface area (Å²) in [5.74, 6) is 0.149. The van der Waals surface area contributed by atoms with Gasteiger partial charge in [0.15, 0.2) is 11.0 Å². The van der Waals surface area contributed by atoms with Crippen LogP contribution in [0.25, 0.3) is 5.69 Å². The van der Waals surface area contributed by atoms with Crippen molar-refractivity contribution < 1.29 is 13.6 Å². The largest absolute Gasteiger partial charge is 0.312 e. The van der Waals surface area contributed by atoms with Crippen molar-refractivity contribution in [3.05, 3.63) is 66.0 Å². The number of thioether (sulfide) groups is 1. The maximum absolute atomic E-state index is 13.5. The van der Waals surface area contributed by atoms with Crippen LogP contribution in [0.3, 0.4) is 0 Å². The first-order chi connectivity index (χ1) is 16.0. The second-order valence-electron chi connectivity index (χ2n) is 7.95. The molecule has 1 aliphatic rings. The minimum Gasteiger partial charge on any atom is -0.312 e. The van der Waals surface area contributed by atoms with Crippen molar-refractivity contribution in [1.82, 2.24) is 19.7 Å². The first-order valence-electron chi connectivity index (χ1n) is 11.2. The number of piperidine rings is 1. The Kier molecular flexibility index (Phi) is 7.72. The molecule has 1 aliphatic heterocycles. The normalized spacial score (nSPS) is 14.4. The molecular weight excluding hydrogens is 444 g/mol. The average Bonchev–Trinajstić information content (AvgIpc) is 3.23. The summed E-state index contributed by atoms with van der Waals surface area (Å²) < 4.78 is 28.7. The van der Waals surface area contributed by atoms with E-state index in [1.165, 1.54) is 42.4 Å². The Labute approximate surface area is 196 Å². The van der Waals surface area contributed by atoms with Gasteiger partial charge in [-0.3, -0.25) is 14.3 Å². The van der Waals surface area contributed by atoms with E-state index in [9.17, 15) is 13.6 Å². The second kappa shape index (κ2) is 10.9. The third kappa shape index (κ3) is 5.78. The van der Waals surface area contributed by atoms with Gasteiger partial charge < -0.3 is 4.90 Å². The van der Waals surface area contributed by atoms with Crippen LogP contribution in [-0.4, -0.2) is 51.0 Å². The molecule has 33 heavy (non-hydrogen) atoms. The van der Waals surface area contributed by atoms with Crippen LogP contribution in [0.1, 0.15) is 32.0 Å². The van der Waals surface area contributed by atoms with Crippen molar-refractivity contribution in [3.63, 3.8) is 0 Å². The summed E-state index contributed by atoms with van der Waals surface area (Å²) >= 11 is 1.29. The number of hydrogen-bond acceptors (Lipinski definition) is 5. The van der Waals surface area contributed by atoms with E-state index in [1.54, 1.807) is 29.2 Å². The summed E-state index contributed by atoms with van der Waals surface area (Å²) in [6.07, 6.45) is 3.57. The molecule has 1 amide bonds. The molecule has 1 fully saturated rings. The highest BCUT2D eigenvalue weighted by molar-refractivity contribution is 7.99. The molecule has 1 aromatic heterocycles. The lowest BCUT2D eigenvalue weighted by molar-refractivity contribution is -0.116. The van der Waals surface area contributed by atoms with Gasteiger partial charge in [0.2, 0.25) is 5.91 Å². The zero-order valence-electron chi connectivity index (χ0n) is 18.6. The molecule has 2 aromatic carbocycles. The van der Waals surface area contributed by atoms with E-state index in [0.717, 1.165) is 37.4 Å². The van der Waals surface area contributed by atoms with Crippen LogP contribution in [0.2, 0.25) is 0 Å². The molecule has 0 spiro atoms. The van der Waals surface area contributed by atoms with Gasteiger partial charge in [0.25, 0.3) is 0 Å². The number of aromatic nitrogens is 3. The molecule has 6 nitrogen and oxygen atoms in total. The Morgan fingerprint density at radius 3 is 2.24 bits per heavy atom. The Bertz CT molecular complexity index is 1070. The zero-order chi connectivity index (χ0) is 23.2. The minimum atomic E-state index is -0.342. The number of likely N-dealkylation sites (tertiary alicyclic amines) is 1. The molecule has 9 heteroatoms. The van der Waals surface area contributed by atoms with Crippen molar-refractivity contribution in [2.45, 2.75) is 37.9 Å². The van der Waals surface area contributed by atoms with E-state index in [4.69, 9.17) is 0 Å². The highest BCUT2D eigenvalue weighted by Gasteiger charge is 2.21. The lowest BCUT2D eigenvalue weighted by Gasteiger charge is -2.26. The Balaban J connectivity index is 1.54. The summed E-state index contributed by atoms with van der Waals surface area (Å²) in [7, 11) is 0. The van der Waals surface area contributed by atoms with Crippen LogP contribution in [0.4, 0.5) is 14.5 Å². The Morgan fingerprint density at radius 2 is 1.61 bits per heavy atom. The standard InChI is InChI=1S/C24H27F2N5OS/c1-2-30(20-10-6-18(25)7-11-20)23(32)17-33-24-28-27-22(16-29-14-4-3-5-15-29)31(24)21-12-8-19(26)9-13-21/h6-13H,2-5,14-17H2,1H3. The number of carbonyl (C=O) groups is 1. The van der Waals surface area contributed by atoms with E-state index in [0.29, 0.717) is 23.9 Å². The second-order valence-corrected chi connectivity index (χ2v) is 8.89.